The Hall–Kier alpha value is -1.06. The van der Waals surface area contributed by atoms with Crippen LogP contribution in [0.25, 0.3) is 0 Å². The summed E-state index contributed by atoms with van der Waals surface area (Å²) in [5.74, 6) is 2.32. The molecule has 1 atom stereocenters. The number of hydrogen-bond donors (Lipinski definition) is 2. The molecule has 1 fully saturated rings. The summed E-state index contributed by atoms with van der Waals surface area (Å²) < 4.78 is 11.3. The Balaban J connectivity index is 0.00000364. The zero-order valence-electron chi connectivity index (χ0n) is 17.0. The van der Waals surface area contributed by atoms with Gasteiger partial charge in [-0.25, -0.2) is 0 Å². The summed E-state index contributed by atoms with van der Waals surface area (Å²) in [6.07, 6.45) is 0. The first-order valence-electron chi connectivity index (χ1n) is 9.56. The molecule has 1 aliphatic heterocycles. The fourth-order valence-electron chi connectivity index (χ4n) is 3.17. The van der Waals surface area contributed by atoms with Gasteiger partial charge in [0.1, 0.15) is 12.4 Å². The fraction of sp³-hybridized carbons (Fsp3) is 0.650. The minimum atomic E-state index is 0. The number of guanidine groups is 1. The molecule has 7 heteroatoms. The highest BCUT2D eigenvalue weighted by Gasteiger charge is 2.23. The number of benzene rings is 1. The highest BCUT2D eigenvalue weighted by atomic mass is 127. The van der Waals surface area contributed by atoms with Crippen molar-refractivity contribution in [2.45, 2.75) is 26.8 Å². The van der Waals surface area contributed by atoms with Crippen molar-refractivity contribution >= 4 is 29.9 Å². The van der Waals surface area contributed by atoms with Crippen LogP contribution >= 0.6 is 24.0 Å². The van der Waals surface area contributed by atoms with Gasteiger partial charge in [-0.2, -0.15) is 0 Å². The van der Waals surface area contributed by atoms with E-state index in [9.17, 15) is 0 Å². The van der Waals surface area contributed by atoms with E-state index in [4.69, 9.17) is 9.47 Å². The molecule has 0 radical (unpaired) electrons. The van der Waals surface area contributed by atoms with Crippen molar-refractivity contribution in [2.75, 3.05) is 53.0 Å². The number of ether oxygens (including phenoxy) is 2. The van der Waals surface area contributed by atoms with Gasteiger partial charge in [-0.3, -0.25) is 9.89 Å². The Bertz CT molecular complexity index is 563. The summed E-state index contributed by atoms with van der Waals surface area (Å²) >= 11 is 0. The summed E-state index contributed by atoms with van der Waals surface area (Å²) in [6.45, 7) is 12.4. The van der Waals surface area contributed by atoms with Gasteiger partial charge in [0.05, 0.1) is 19.8 Å². The third-order valence-corrected chi connectivity index (χ3v) is 4.73. The second-order valence-electron chi connectivity index (χ2n) is 6.95. The van der Waals surface area contributed by atoms with Crippen molar-refractivity contribution in [3.8, 4) is 5.75 Å². The standard InChI is InChI=1S/C20H34N4O2.HI/c1-16(2)18(24-10-13-25-14-11-24)15-23-20(21-4)22-9-12-26-19-8-6-5-7-17(19)3;/h5-8,16,18H,9-15H2,1-4H3,(H2,21,22,23);1H. The molecule has 1 heterocycles. The van der Waals surface area contributed by atoms with Gasteiger partial charge in [0.2, 0.25) is 0 Å². The smallest absolute Gasteiger partial charge is 0.191 e. The lowest BCUT2D eigenvalue weighted by molar-refractivity contribution is 0.00752. The predicted molar refractivity (Wildman–Crippen MR) is 122 cm³/mol. The topological polar surface area (TPSA) is 58.1 Å². The number of hydrogen-bond acceptors (Lipinski definition) is 4. The Kier molecular flexibility index (Phi) is 11.7. The zero-order valence-corrected chi connectivity index (χ0v) is 19.4. The molecule has 1 saturated heterocycles. The van der Waals surface area contributed by atoms with E-state index in [2.05, 4.69) is 47.4 Å². The van der Waals surface area contributed by atoms with E-state index >= 15 is 0 Å². The van der Waals surface area contributed by atoms with Gasteiger partial charge in [-0.15, -0.1) is 24.0 Å². The molecule has 2 rings (SSSR count). The Morgan fingerprint density at radius 1 is 1.22 bits per heavy atom. The van der Waals surface area contributed by atoms with Gasteiger partial charge in [-0.1, -0.05) is 32.0 Å². The quantitative estimate of drug-likeness (QED) is 0.254. The molecule has 1 aromatic carbocycles. The Morgan fingerprint density at radius 3 is 2.56 bits per heavy atom. The van der Waals surface area contributed by atoms with Gasteiger partial charge < -0.3 is 20.1 Å². The molecule has 0 aromatic heterocycles. The number of nitrogens with one attached hydrogen (secondary N) is 2. The molecule has 0 saturated carbocycles. The predicted octanol–water partition coefficient (Wildman–Crippen LogP) is 2.51. The second-order valence-corrected chi connectivity index (χ2v) is 6.95. The van der Waals surface area contributed by atoms with Crippen LogP contribution in [0.3, 0.4) is 0 Å². The highest BCUT2D eigenvalue weighted by Crippen LogP contribution is 2.15. The average Bonchev–Trinajstić information content (AvgIpc) is 2.65. The molecular formula is C20H35IN4O2. The maximum Gasteiger partial charge on any atom is 0.191 e. The molecule has 1 unspecified atom stereocenters. The van der Waals surface area contributed by atoms with Crippen LogP contribution in [0.5, 0.6) is 5.75 Å². The van der Waals surface area contributed by atoms with Crippen LogP contribution in [0.1, 0.15) is 19.4 Å². The lowest BCUT2D eigenvalue weighted by Crippen LogP contribution is -2.52. The van der Waals surface area contributed by atoms with Gasteiger partial charge >= 0.3 is 0 Å². The first-order chi connectivity index (χ1) is 12.6. The van der Waals surface area contributed by atoms with Crippen LogP contribution in [0.2, 0.25) is 0 Å². The first kappa shape index (κ1) is 24.0. The van der Waals surface area contributed by atoms with Gasteiger partial charge in [0, 0.05) is 32.7 Å². The van der Waals surface area contributed by atoms with Crippen LogP contribution in [0.4, 0.5) is 0 Å². The van der Waals surface area contributed by atoms with Crippen molar-refractivity contribution in [2.24, 2.45) is 10.9 Å². The highest BCUT2D eigenvalue weighted by molar-refractivity contribution is 14.0. The van der Waals surface area contributed by atoms with E-state index < -0.39 is 0 Å². The number of aliphatic imine (C=N–C) groups is 1. The molecule has 2 N–H and O–H groups in total. The SMILES string of the molecule is CN=C(NCCOc1ccccc1C)NCC(C(C)C)N1CCOCC1.I. The normalized spacial score (nSPS) is 16.6. The Labute approximate surface area is 181 Å². The van der Waals surface area contributed by atoms with Crippen LogP contribution in [0, 0.1) is 12.8 Å². The summed E-state index contributed by atoms with van der Waals surface area (Å²) in [4.78, 5) is 6.83. The number of halogens is 1. The van der Waals surface area contributed by atoms with E-state index in [1.54, 1.807) is 7.05 Å². The molecule has 0 aliphatic carbocycles. The van der Waals surface area contributed by atoms with Gasteiger partial charge in [-0.05, 0) is 24.5 Å². The lowest BCUT2D eigenvalue weighted by Gasteiger charge is -2.37. The third-order valence-electron chi connectivity index (χ3n) is 4.73. The minimum absolute atomic E-state index is 0. The molecule has 27 heavy (non-hydrogen) atoms. The number of nitrogens with zero attached hydrogens (tertiary/aromatic N) is 2. The molecule has 6 nitrogen and oxygen atoms in total. The van der Waals surface area contributed by atoms with Crippen LogP contribution in [-0.2, 0) is 4.74 Å². The summed E-state index contributed by atoms with van der Waals surface area (Å²) in [7, 11) is 1.80. The van der Waals surface area contributed by atoms with E-state index in [-0.39, 0.29) is 24.0 Å². The van der Waals surface area contributed by atoms with Crippen molar-refractivity contribution in [3.63, 3.8) is 0 Å². The molecule has 0 amide bonds. The maximum atomic E-state index is 5.82. The first-order valence-corrected chi connectivity index (χ1v) is 9.56. The van der Waals surface area contributed by atoms with E-state index in [1.807, 2.05) is 18.2 Å². The average molecular weight is 490 g/mol. The van der Waals surface area contributed by atoms with Gasteiger partial charge in [0.15, 0.2) is 5.96 Å². The lowest BCUT2D eigenvalue weighted by atomic mass is 10.0. The molecule has 0 bridgehead atoms. The van der Waals surface area contributed by atoms with Crippen LogP contribution in [-0.4, -0.2) is 69.9 Å². The van der Waals surface area contributed by atoms with E-state index in [1.165, 1.54) is 0 Å². The minimum Gasteiger partial charge on any atom is -0.491 e. The monoisotopic (exact) mass is 490 g/mol. The van der Waals surface area contributed by atoms with Gasteiger partial charge in [0.25, 0.3) is 0 Å². The van der Waals surface area contributed by atoms with Crippen molar-refractivity contribution in [1.82, 2.24) is 15.5 Å². The van der Waals surface area contributed by atoms with Crippen molar-refractivity contribution in [3.05, 3.63) is 29.8 Å². The molecule has 154 valence electrons. The second kappa shape index (κ2) is 13.2. The fourth-order valence-corrected chi connectivity index (χ4v) is 3.17. The number of rotatable bonds is 8. The largest absolute Gasteiger partial charge is 0.491 e. The van der Waals surface area contributed by atoms with E-state index in [0.29, 0.717) is 25.1 Å². The maximum absolute atomic E-state index is 5.82. The number of morpholine rings is 1. The number of aryl methyl sites for hydroxylation is 1. The van der Waals surface area contributed by atoms with Crippen molar-refractivity contribution < 1.29 is 9.47 Å². The molecular weight excluding hydrogens is 455 g/mol. The van der Waals surface area contributed by atoms with Crippen LogP contribution < -0.4 is 15.4 Å². The summed E-state index contributed by atoms with van der Waals surface area (Å²) in [5, 5.41) is 6.79. The summed E-state index contributed by atoms with van der Waals surface area (Å²) in [6, 6.07) is 8.54. The van der Waals surface area contributed by atoms with Crippen molar-refractivity contribution in [1.29, 1.82) is 0 Å². The van der Waals surface area contributed by atoms with E-state index in [0.717, 1.165) is 50.1 Å². The molecule has 0 spiro atoms. The van der Waals surface area contributed by atoms with Crippen LogP contribution in [0.15, 0.2) is 29.3 Å². The third kappa shape index (κ3) is 8.23. The summed E-state index contributed by atoms with van der Waals surface area (Å²) in [5.41, 5.74) is 1.15. The molecule has 1 aromatic rings. The zero-order chi connectivity index (χ0) is 18.8. The Morgan fingerprint density at radius 2 is 1.93 bits per heavy atom. The molecule has 1 aliphatic rings. The number of para-hydroxylation sites is 1.